The van der Waals surface area contributed by atoms with E-state index in [0.717, 1.165) is 16.9 Å². The molecule has 5 heteroatoms. The van der Waals surface area contributed by atoms with E-state index in [-0.39, 0.29) is 11.8 Å². The Morgan fingerprint density at radius 2 is 2.04 bits per heavy atom. The smallest absolute Gasteiger partial charge is 0.243 e. The largest absolute Gasteiger partial charge is 0.349 e. The number of nitrogens with zero attached hydrogens (tertiary/aromatic N) is 2. The van der Waals surface area contributed by atoms with Crippen molar-refractivity contribution in [2.45, 2.75) is 32.4 Å². The summed E-state index contributed by atoms with van der Waals surface area (Å²) >= 11 is 0. The molecule has 2 aromatic rings. The van der Waals surface area contributed by atoms with Crippen LogP contribution in [0.4, 0.5) is 5.69 Å². The Bertz CT molecular complexity index is 698. The van der Waals surface area contributed by atoms with Crippen LogP contribution in [0.3, 0.4) is 0 Å². The molecule has 1 aliphatic rings. The van der Waals surface area contributed by atoms with Crippen molar-refractivity contribution in [3.8, 4) is 0 Å². The normalized spacial score (nSPS) is 17.3. The van der Waals surface area contributed by atoms with Crippen LogP contribution in [0.1, 0.15) is 24.1 Å². The monoisotopic (exact) mass is 309 g/mol. The summed E-state index contributed by atoms with van der Waals surface area (Å²) in [6.07, 6.45) is 2.63. The molecular weight excluding hydrogens is 290 g/mol. The lowest BCUT2D eigenvalue weighted by Crippen LogP contribution is -2.44. The molecule has 1 unspecified atom stereocenters. The van der Waals surface area contributed by atoms with Gasteiger partial charge >= 0.3 is 0 Å². The summed E-state index contributed by atoms with van der Waals surface area (Å²) in [5.74, 6) is -0.145. The third kappa shape index (κ3) is 3.39. The number of anilines is 1. The second-order valence-corrected chi connectivity index (χ2v) is 5.69. The number of benzene rings is 1. The average molecular weight is 309 g/mol. The minimum Gasteiger partial charge on any atom is -0.349 e. The van der Waals surface area contributed by atoms with Crippen molar-refractivity contribution in [2.75, 3.05) is 4.90 Å². The zero-order valence-corrected chi connectivity index (χ0v) is 13.0. The number of carbonyl (C=O) groups excluding carboxylic acids is 2. The highest BCUT2D eigenvalue weighted by atomic mass is 16.2. The van der Waals surface area contributed by atoms with Crippen LogP contribution in [-0.2, 0) is 16.1 Å². The van der Waals surface area contributed by atoms with E-state index in [9.17, 15) is 9.59 Å². The Balaban J connectivity index is 1.71. The Hall–Kier alpha value is -2.69. The van der Waals surface area contributed by atoms with Gasteiger partial charge in [-0.15, -0.1) is 0 Å². The molecule has 1 saturated heterocycles. The molecule has 0 radical (unpaired) electrons. The van der Waals surface area contributed by atoms with E-state index < -0.39 is 6.04 Å². The first kappa shape index (κ1) is 15.2. The first-order valence-corrected chi connectivity index (χ1v) is 7.71. The van der Waals surface area contributed by atoms with Gasteiger partial charge in [0.2, 0.25) is 11.8 Å². The molecule has 1 aromatic carbocycles. The maximum Gasteiger partial charge on any atom is 0.243 e. The van der Waals surface area contributed by atoms with Gasteiger partial charge in [0.25, 0.3) is 0 Å². The van der Waals surface area contributed by atoms with Gasteiger partial charge in [-0.1, -0.05) is 23.8 Å². The molecule has 23 heavy (non-hydrogen) atoms. The first-order valence-electron chi connectivity index (χ1n) is 7.71. The number of carbonyl (C=O) groups is 2. The van der Waals surface area contributed by atoms with Gasteiger partial charge in [-0.3, -0.25) is 19.5 Å². The molecule has 1 N–H and O–H groups in total. The van der Waals surface area contributed by atoms with Gasteiger partial charge in [0.15, 0.2) is 0 Å². The molecule has 2 heterocycles. The molecule has 0 saturated carbocycles. The van der Waals surface area contributed by atoms with Crippen LogP contribution in [0, 0.1) is 6.92 Å². The summed E-state index contributed by atoms with van der Waals surface area (Å²) in [5, 5.41) is 2.88. The SMILES string of the molecule is Cc1ccc(N2C(=O)CCC2C(=O)NCc2ccccn2)cc1. The van der Waals surface area contributed by atoms with E-state index in [1.807, 2.05) is 49.4 Å². The molecule has 118 valence electrons. The van der Waals surface area contributed by atoms with Crippen LogP contribution in [-0.4, -0.2) is 22.8 Å². The molecule has 0 spiro atoms. The number of pyridine rings is 1. The molecule has 2 amide bonds. The molecule has 5 nitrogen and oxygen atoms in total. The zero-order valence-electron chi connectivity index (χ0n) is 13.0. The lowest BCUT2D eigenvalue weighted by atomic mass is 10.1. The summed E-state index contributed by atoms with van der Waals surface area (Å²) < 4.78 is 0. The Morgan fingerprint density at radius 1 is 1.26 bits per heavy atom. The minimum absolute atomic E-state index is 0.00756. The molecule has 1 aromatic heterocycles. The highest BCUT2D eigenvalue weighted by Gasteiger charge is 2.36. The molecule has 1 aliphatic heterocycles. The van der Waals surface area contributed by atoms with E-state index in [0.29, 0.717) is 19.4 Å². The predicted molar refractivity (Wildman–Crippen MR) is 87.8 cm³/mol. The predicted octanol–water partition coefficient (Wildman–Crippen LogP) is 2.20. The molecule has 0 bridgehead atoms. The third-order valence-corrected chi connectivity index (χ3v) is 4.00. The fourth-order valence-corrected chi connectivity index (χ4v) is 2.76. The lowest BCUT2D eigenvalue weighted by molar-refractivity contribution is -0.124. The number of amides is 2. The van der Waals surface area contributed by atoms with Crippen molar-refractivity contribution in [3.05, 3.63) is 59.9 Å². The average Bonchev–Trinajstić information content (AvgIpc) is 2.96. The van der Waals surface area contributed by atoms with E-state index in [1.165, 1.54) is 0 Å². The highest BCUT2D eigenvalue weighted by Crippen LogP contribution is 2.27. The lowest BCUT2D eigenvalue weighted by Gasteiger charge is -2.24. The number of hydrogen-bond donors (Lipinski definition) is 1. The number of aryl methyl sites for hydroxylation is 1. The zero-order chi connectivity index (χ0) is 16.2. The summed E-state index contributed by atoms with van der Waals surface area (Å²) in [5.41, 5.74) is 2.69. The van der Waals surface area contributed by atoms with Gasteiger partial charge in [-0.05, 0) is 37.6 Å². The number of aromatic nitrogens is 1. The summed E-state index contributed by atoms with van der Waals surface area (Å²) in [4.78, 5) is 30.5. The van der Waals surface area contributed by atoms with Gasteiger partial charge in [0, 0.05) is 18.3 Å². The number of hydrogen-bond acceptors (Lipinski definition) is 3. The van der Waals surface area contributed by atoms with Crippen LogP contribution in [0.2, 0.25) is 0 Å². The van der Waals surface area contributed by atoms with Crippen molar-refractivity contribution in [1.29, 1.82) is 0 Å². The van der Waals surface area contributed by atoms with Gasteiger partial charge in [-0.2, -0.15) is 0 Å². The maximum absolute atomic E-state index is 12.5. The fraction of sp³-hybridized carbons (Fsp3) is 0.278. The van der Waals surface area contributed by atoms with Crippen LogP contribution in [0.5, 0.6) is 0 Å². The van der Waals surface area contributed by atoms with Crippen molar-refractivity contribution >= 4 is 17.5 Å². The Morgan fingerprint density at radius 3 is 2.74 bits per heavy atom. The Kier molecular flexibility index (Phi) is 4.37. The van der Waals surface area contributed by atoms with E-state index >= 15 is 0 Å². The van der Waals surface area contributed by atoms with Crippen molar-refractivity contribution in [2.24, 2.45) is 0 Å². The quantitative estimate of drug-likeness (QED) is 0.942. The Labute approximate surface area is 135 Å². The summed E-state index contributed by atoms with van der Waals surface area (Å²) in [7, 11) is 0. The van der Waals surface area contributed by atoms with Gasteiger partial charge in [-0.25, -0.2) is 0 Å². The van der Waals surface area contributed by atoms with Gasteiger partial charge in [0.1, 0.15) is 6.04 Å². The number of rotatable bonds is 4. The minimum atomic E-state index is -0.450. The molecule has 1 atom stereocenters. The fourth-order valence-electron chi connectivity index (χ4n) is 2.76. The van der Waals surface area contributed by atoms with Crippen molar-refractivity contribution in [1.82, 2.24) is 10.3 Å². The van der Waals surface area contributed by atoms with Crippen LogP contribution in [0.25, 0.3) is 0 Å². The van der Waals surface area contributed by atoms with Crippen LogP contribution < -0.4 is 10.2 Å². The van der Waals surface area contributed by atoms with E-state index in [4.69, 9.17) is 0 Å². The highest BCUT2D eigenvalue weighted by molar-refractivity contribution is 6.03. The second kappa shape index (κ2) is 6.60. The van der Waals surface area contributed by atoms with Crippen LogP contribution in [0.15, 0.2) is 48.7 Å². The van der Waals surface area contributed by atoms with Crippen molar-refractivity contribution in [3.63, 3.8) is 0 Å². The van der Waals surface area contributed by atoms with Crippen molar-refractivity contribution < 1.29 is 9.59 Å². The maximum atomic E-state index is 12.5. The topological polar surface area (TPSA) is 62.3 Å². The summed E-state index contributed by atoms with van der Waals surface area (Å²) in [6.45, 7) is 2.36. The summed E-state index contributed by atoms with van der Waals surface area (Å²) in [6, 6.07) is 12.8. The molecule has 0 aliphatic carbocycles. The molecular formula is C18H19N3O2. The molecule has 1 fully saturated rings. The second-order valence-electron chi connectivity index (χ2n) is 5.69. The van der Waals surface area contributed by atoms with Gasteiger partial charge < -0.3 is 5.32 Å². The standard InChI is InChI=1S/C18H19N3O2/c1-13-5-7-15(8-6-13)21-16(9-10-17(21)22)18(23)20-12-14-4-2-3-11-19-14/h2-8,11,16H,9-10,12H2,1H3,(H,20,23). The number of nitrogens with one attached hydrogen (secondary N) is 1. The van der Waals surface area contributed by atoms with Gasteiger partial charge in [0.05, 0.1) is 12.2 Å². The molecule has 3 rings (SSSR count). The van der Waals surface area contributed by atoms with E-state index in [2.05, 4.69) is 10.3 Å². The third-order valence-electron chi connectivity index (χ3n) is 4.00. The van der Waals surface area contributed by atoms with Crippen LogP contribution >= 0.6 is 0 Å². The van der Waals surface area contributed by atoms with E-state index in [1.54, 1.807) is 11.1 Å². The first-order chi connectivity index (χ1) is 11.1.